The van der Waals surface area contributed by atoms with Crippen molar-refractivity contribution in [2.45, 2.75) is 0 Å². The van der Waals surface area contributed by atoms with E-state index < -0.39 is 78.5 Å². The monoisotopic (exact) mass is 504 g/mol. The van der Waals surface area contributed by atoms with Crippen LogP contribution in [0.3, 0.4) is 0 Å². The predicted molar refractivity (Wildman–Crippen MR) is 98.6 cm³/mol. The number of rotatable bonds is 4. The van der Waals surface area contributed by atoms with Crippen LogP contribution in [-0.2, 0) is 0 Å². The average molecular weight is 506 g/mol. The highest BCUT2D eigenvalue weighted by molar-refractivity contribution is 6.49. The van der Waals surface area contributed by atoms with E-state index in [1.807, 2.05) is 0 Å². The lowest BCUT2D eigenvalue weighted by molar-refractivity contribution is 0.140. The molecule has 2 aromatic rings. The number of hydrogen-bond acceptors (Lipinski definition) is 8. The molecule has 0 heterocycles. The van der Waals surface area contributed by atoms with Crippen molar-refractivity contribution in [3.8, 4) is 23.0 Å². The molecule has 0 aromatic heterocycles. The second-order valence-electron chi connectivity index (χ2n) is 4.79. The van der Waals surface area contributed by atoms with Crippen molar-refractivity contribution in [3.63, 3.8) is 0 Å². The molecule has 12 nitrogen and oxygen atoms in total. The molecule has 0 unspecified atom stereocenters. The zero-order chi connectivity index (χ0) is 22.9. The fraction of sp³-hybridized carbons (Fsp3) is 0. The number of carbonyl (C=O) groups is 4. The van der Waals surface area contributed by atoms with E-state index in [0.29, 0.717) is 0 Å². The highest BCUT2D eigenvalue weighted by Crippen LogP contribution is 2.57. The van der Waals surface area contributed by atoms with Crippen LogP contribution >= 0.6 is 46.4 Å². The summed E-state index contributed by atoms with van der Waals surface area (Å²) in [6.07, 6.45) is -7.91. The number of halogens is 4. The van der Waals surface area contributed by atoms with Crippen LogP contribution in [0.15, 0.2) is 0 Å². The summed E-state index contributed by atoms with van der Waals surface area (Å²) in [6.45, 7) is 0. The van der Waals surface area contributed by atoms with Crippen LogP contribution in [0, 0.1) is 0 Å². The first-order valence-electron chi connectivity index (χ1n) is 6.85. The van der Waals surface area contributed by atoms with Gasteiger partial charge >= 0.3 is 24.6 Å². The summed E-state index contributed by atoms with van der Waals surface area (Å²) in [5, 5.41) is 31.2. The number of carboxylic acid groups (broad SMARTS) is 4. The quantitative estimate of drug-likeness (QED) is 0.294. The highest BCUT2D eigenvalue weighted by Gasteiger charge is 2.33. The number of hydrogen-bond donors (Lipinski definition) is 4. The van der Waals surface area contributed by atoms with Gasteiger partial charge in [0.25, 0.3) is 0 Å². The zero-order valence-corrected chi connectivity index (χ0v) is 16.6. The summed E-state index contributed by atoms with van der Waals surface area (Å²) in [6, 6.07) is 0. The van der Waals surface area contributed by atoms with Gasteiger partial charge in [-0.2, -0.15) is 0 Å². The van der Waals surface area contributed by atoms with Gasteiger partial charge in [0.15, 0.2) is 23.0 Å². The van der Waals surface area contributed by atoms with Crippen molar-refractivity contribution in [2.75, 3.05) is 0 Å². The molecule has 0 spiro atoms. The van der Waals surface area contributed by atoms with E-state index in [4.69, 9.17) is 66.8 Å². The molecule has 0 aliphatic carbocycles. The minimum Gasteiger partial charge on any atom is -0.449 e. The van der Waals surface area contributed by atoms with Crippen molar-refractivity contribution >= 4 is 81.8 Å². The summed E-state index contributed by atoms with van der Waals surface area (Å²) in [4.78, 5) is 44.4. The Balaban J connectivity index is 3.25. The smallest absolute Gasteiger partial charge is 0.449 e. The average Bonchev–Trinajstić information content (AvgIpc) is 2.61. The lowest BCUT2D eigenvalue weighted by Crippen LogP contribution is -2.12. The largest absolute Gasteiger partial charge is 0.511 e. The van der Waals surface area contributed by atoms with E-state index in [9.17, 15) is 19.2 Å². The normalized spacial score (nSPS) is 10.4. The van der Waals surface area contributed by atoms with Crippen LogP contribution in [0.25, 0.3) is 10.8 Å². The van der Waals surface area contributed by atoms with Crippen LogP contribution in [-0.4, -0.2) is 45.0 Å². The number of fused-ring (bicyclic) bond motifs is 1. The Labute approximate surface area is 183 Å². The third-order valence-electron chi connectivity index (χ3n) is 3.10. The van der Waals surface area contributed by atoms with E-state index in [1.165, 1.54) is 0 Å². The summed E-state index contributed by atoms with van der Waals surface area (Å²) < 4.78 is 18.0. The molecule has 160 valence electrons. The van der Waals surface area contributed by atoms with Crippen LogP contribution < -0.4 is 18.9 Å². The lowest BCUT2D eigenvalue weighted by atomic mass is 10.1. The summed E-state index contributed by atoms with van der Waals surface area (Å²) in [7, 11) is 0. The van der Waals surface area contributed by atoms with Crippen molar-refractivity contribution < 1.29 is 58.6 Å². The molecule has 0 saturated heterocycles. The van der Waals surface area contributed by atoms with Crippen molar-refractivity contribution in [1.29, 1.82) is 0 Å². The molecular weight excluding hydrogens is 502 g/mol. The third-order valence-corrected chi connectivity index (χ3v) is 4.73. The SMILES string of the molecule is O=C(O)Oc1c(Cl)c(Cl)c(OC(=O)O)c2c(OC(=O)O)c(Cl)c(Cl)c(OC(=O)O)c12. The molecule has 0 aliphatic rings. The lowest BCUT2D eigenvalue weighted by Gasteiger charge is -2.19. The maximum absolute atomic E-state index is 11.1. The molecule has 0 aliphatic heterocycles. The van der Waals surface area contributed by atoms with Gasteiger partial charge in [0, 0.05) is 0 Å². The molecule has 0 amide bonds. The molecule has 4 N–H and O–H groups in total. The molecule has 0 saturated carbocycles. The topological polar surface area (TPSA) is 186 Å². The molecular formula is C14H4Cl4O12. The van der Waals surface area contributed by atoms with Crippen molar-refractivity contribution in [2.24, 2.45) is 0 Å². The van der Waals surface area contributed by atoms with Gasteiger partial charge in [-0.1, -0.05) is 46.4 Å². The molecule has 0 radical (unpaired) electrons. The maximum Gasteiger partial charge on any atom is 0.511 e. The Bertz CT molecular complexity index is 944. The summed E-state index contributed by atoms with van der Waals surface area (Å²) >= 11 is 23.7. The van der Waals surface area contributed by atoms with E-state index in [2.05, 4.69) is 18.9 Å². The number of benzene rings is 2. The van der Waals surface area contributed by atoms with Gasteiger partial charge in [0.2, 0.25) is 0 Å². The molecule has 0 atom stereocenters. The van der Waals surface area contributed by atoms with E-state index >= 15 is 0 Å². The molecule has 2 aromatic carbocycles. The van der Waals surface area contributed by atoms with Crippen LogP contribution in [0.5, 0.6) is 23.0 Å². The minimum absolute atomic E-state index is 0.780. The third kappa shape index (κ3) is 4.41. The zero-order valence-electron chi connectivity index (χ0n) is 13.6. The van der Waals surface area contributed by atoms with Crippen LogP contribution in [0.4, 0.5) is 19.2 Å². The van der Waals surface area contributed by atoms with Crippen LogP contribution in [0.1, 0.15) is 0 Å². The fourth-order valence-electron chi connectivity index (χ4n) is 2.23. The molecule has 0 fully saturated rings. The molecule has 2 rings (SSSR count). The van der Waals surface area contributed by atoms with Gasteiger partial charge in [0.1, 0.15) is 20.1 Å². The van der Waals surface area contributed by atoms with E-state index in [1.54, 1.807) is 0 Å². The van der Waals surface area contributed by atoms with Crippen LogP contribution in [0.2, 0.25) is 20.1 Å². The first kappa shape index (κ1) is 23.2. The van der Waals surface area contributed by atoms with Gasteiger partial charge < -0.3 is 39.4 Å². The van der Waals surface area contributed by atoms with Gasteiger partial charge in [-0.05, 0) is 0 Å². The van der Waals surface area contributed by atoms with E-state index in [-0.39, 0.29) is 0 Å². The molecule has 16 heteroatoms. The summed E-state index contributed by atoms with van der Waals surface area (Å²) in [5.41, 5.74) is 0. The Hall–Kier alpha value is -3.06. The van der Waals surface area contributed by atoms with Gasteiger partial charge in [-0.15, -0.1) is 0 Å². The van der Waals surface area contributed by atoms with Gasteiger partial charge in [0.05, 0.1) is 10.8 Å². The second kappa shape index (κ2) is 8.75. The Kier molecular flexibility index (Phi) is 6.77. The maximum atomic E-state index is 11.1. The minimum atomic E-state index is -1.98. The highest BCUT2D eigenvalue weighted by atomic mass is 35.5. The Morgan fingerprint density at radius 2 is 0.633 bits per heavy atom. The molecule has 0 bridgehead atoms. The standard InChI is InChI=1S/C14H4Cl4O12/c15-3-5(17)9(29-13(23)24)2-1(7(3)27-11(19)20)8(28-12(21)22)4(16)6(18)10(2)30-14(25)26/h(H,19,20)(H,21,22)(H,23,24)(H,25,26). The Morgan fingerprint density at radius 3 is 0.767 bits per heavy atom. The van der Waals surface area contributed by atoms with Gasteiger partial charge in [-0.3, -0.25) is 0 Å². The van der Waals surface area contributed by atoms with Gasteiger partial charge in [-0.25, -0.2) is 19.2 Å². The Morgan fingerprint density at radius 1 is 0.467 bits per heavy atom. The van der Waals surface area contributed by atoms with Crippen molar-refractivity contribution in [1.82, 2.24) is 0 Å². The molecule has 30 heavy (non-hydrogen) atoms. The predicted octanol–water partition coefficient (Wildman–Crippen LogP) is 5.68. The van der Waals surface area contributed by atoms with Crippen molar-refractivity contribution in [3.05, 3.63) is 20.1 Å². The first-order chi connectivity index (χ1) is 13.9. The summed E-state index contributed by atoms with van der Waals surface area (Å²) in [5.74, 6) is -3.64. The second-order valence-corrected chi connectivity index (χ2v) is 6.31. The van der Waals surface area contributed by atoms with E-state index in [0.717, 1.165) is 0 Å². The first-order valence-corrected chi connectivity index (χ1v) is 8.36. The number of ether oxygens (including phenoxy) is 4. The fourth-order valence-corrected chi connectivity index (χ4v) is 3.11.